The fourth-order valence-corrected chi connectivity index (χ4v) is 2.19. The number of nitrogen functional groups attached to an aromatic ring is 1. The van der Waals surface area contributed by atoms with Crippen LogP contribution in [-0.4, -0.2) is 30.2 Å². The summed E-state index contributed by atoms with van der Waals surface area (Å²) in [5.41, 5.74) is 6.29. The van der Waals surface area contributed by atoms with Gasteiger partial charge in [-0.25, -0.2) is 14.8 Å². The summed E-state index contributed by atoms with van der Waals surface area (Å²) in [6.45, 7) is 0. The minimum atomic E-state index is -0.683. The molecule has 0 unspecified atom stereocenters. The number of carbonyl (C=O) groups is 1. The summed E-state index contributed by atoms with van der Waals surface area (Å²) >= 11 is 12.0. The lowest BCUT2D eigenvalue weighted by atomic mass is 10.1. The zero-order chi connectivity index (χ0) is 15.6. The first kappa shape index (κ1) is 15.3. The van der Waals surface area contributed by atoms with Crippen LogP contribution in [0.25, 0.3) is 11.3 Å². The van der Waals surface area contributed by atoms with Gasteiger partial charge < -0.3 is 15.2 Å². The summed E-state index contributed by atoms with van der Waals surface area (Å²) in [5, 5.41) is 0.771. The number of nitrogens with zero attached hydrogens (tertiary/aromatic N) is 2. The molecule has 0 fully saturated rings. The van der Waals surface area contributed by atoms with Crippen LogP contribution in [0.3, 0.4) is 0 Å². The lowest BCUT2D eigenvalue weighted by Gasteiger charge is -2.11. The van der Waals surface area contributed by atoms with Crippen LogP contribution in [-0.2, 0) is 4.74 Å². The molecule has 0 atom stereocenters. The van der Waals surface area contributed by atoms with Crippen molar-refractivity contribution in [3.05, 3.63) is 33.9 Å². The monoisotopic (exact) mass is 327 g/mol. The van der Waals surface area contributed by atoms with Gasteiger partial charge in [0.05, 0.1) is 19.2 Å². The maximum atomic E-state index is 11.8. The molecule has 2 rings (SSSR count). The highest BCUT2D eigenvalue weighted by Crippen LogP contribution is 2.33. The second-order valence-corrected chi connectivity index (χ2v) is 4.77. The number of anilines is 1. The van der Waals surface area contributed by atoms with Gasteiger partial charge in [0, 0.05) is 10.6 Å². The molecule has 0 saturated heterocycles. The van der Waals surface area contributed by atoms with E-state index in [2.05, 4.69) is 14.7 Å². The Balaban J connectivity index is 2.72. The van der Waals surface area contributed by atoms with Crippen molar-refractivity contribution in [3.8, 4) is 17.1 Å². The van der Waals surface area contributed by atoms with Crippen LogP contribution in [0.2, 0.25) is 10.0 Å². The molecular weight excluding hydrogens is 317 g/mol. The molecular formula is C13H11Cl2N3O3. The van der Waals surface area contributed by atoms with E-state index in [4.69, 9.17) is 33.7 Å². The lowest BCUT2D eigenvalue weighted by Crippen LogP contribution is -2.11. The highest BCUT2D eigenvalue weighted by molar-refractivity contribution is 6.36. The molecule has 0 amide bonds. The van der Waals surface area contributed by atoms with E-state index in [-0.39, 0.29) is 23.1 Å². The fraction of sp³-hybridized carbons (Fsp3) is 0.154. The summed E-state index contributed by atoms with van der Waals surface area (Å²) in [5.74, 6) is -0.617. The molecule has 1 aromatic carbocycles. The van der Waals surface area contributed by atoms with Crippen LogP contribution in [0, 0.1) is 0 Å². The van der Waals surface area contributed by atoms with Crippen molar-refractivity contribution >= 4 is 35.0 Å². The lowest BCUT2D eigenvalue weighted by molar-refractivity contribution is 0.0594. The predicted molar refractivity (Wildman–Crippen MR) is 79.8 cm³/mol. The molecule has 6 nitrogen and oxygen atoms in total. The zero-order valence-corrected chi connectivity index (χ0v) is 12.7. The average Bonchev–Trinajstić information content (AvgIpc) is 2.46. The number of halogens is 2. The highest BCUT2D eigenvalue weighted by Gasteiger charge is 2.22. The molecule has 0 spiro atoms. The molecule has 2 N–H and O–H groups in total. The molecule has 0 aliphatic rings. The van der Waals surface area contributed by atoms with E-state index in [1.165, 1.54) is 20.3 Å². The van der Waals surface area contributed by atoms with Gasteiger partial charge in [0.2, 0.25) is 0 Å². The van der Waals surface area contributed by atoms with E-state index in [0.29, 0.717) is 15.6 Å². The SMILES string of the molecule is COC(=O)c1nc(N)c(OC)nc1-c1ccc(Cl)cc1Cl. The van der Waals surface area contributed by atoms with Gasteiger partial charge >= 0.3 is 5.97 Å². The molecule has 0 aliphatic carbocycles. The molecule has 8 heteroatoms. The van der Waals surface area contributed by atoms with Crippen LogP contribution < -0.4 is 10.5 Å². The predicted octanol–water partition coefficient (Wildman–Crippen LogP) is 2.83. The molecule has 21 heavy (non-hydrogen) atoms. The third-order valence-corrected chi connectivity index (χ3v) is 3.20. The van der Waals surface area contributed by atoms with Crippen LogP contribution in [0.5, 0.6) is 5.88 Å². The molecule has 1 heterocycles. The Kier molecular flexibility index (Phi) is 4.50. The average molecular weight is 328 g/mol. The third-order valence-electron chi connectivity index (χ3n) is 2.65. The Morgan fingerprint density at radius 3 is 2.52 bits per heavy atom. The Bertz CT molecular complexity index is 707. The van der Waals surface area contributed by atoms with Crippen LogP contribution >= 0.6 is 23.2 Å². The van der Waals surface area contributed by atoms with E-state index in [1.54, 1.807) is 12.1 Å². The van der Waals surface area contributed by atoms with Gasteiger partial charge in [-0.05, 0) is 18.2 Å². The molecule has 110 valence electrons. The first-order valence-electron chi connectivity index (χ1n) is 5.73. The van der Waals surface area contributed by atoms with Crippen LogP contribution in [0.4, 0.5) is 5.82 Å². The Morgan fingerprint density at radius 1 is 1.24 bits per heavy atom. The van der Waals surface area contributed by atoms with Gasteiger partial charge in [-0.15, -0.1) is 0 Å². The second-order valence-electron chi connectivity index (χ2n) is 3.93. The number of rotatable bonds is 3. The molecule has 2 aromatic rings. The minimum absolute atomic E-state index is 0.0215. The normalized spacial score (nSPS) is 10.3. The molecule has 0 saturated carbocycles. The number of ether oxygens (including phenoxy) is 2. The first-order chi connectivity index (χ1) is 9.97. The molecule has 1 aromatic heterocycles. The second kappa shape index (κ2) is 6.15. The van der Waals surface area contributed by atoms with Crippen molar-refractivity contribution in [1.82, 2.24) is 9.97 Å². The standard InChI is InChI=1S/C13H11Cl2N3O3/c1-20-12-11(16)17-10(13(19)21-2)9(18-12)7-4-3-6(14)5-8(7)15/h3-5H,1-2H3,(H2,16,17). The summed E-state index contributed by atoms with van der Waals surface area (Å²) in [6.07, 6.45) is 0. The number of methoxy groups -OCH3 is 2. The van der Waals surface area contributed by atoms with Crippen molar-refractivity contribution in [2.45, 2.75) is 0 Å². The first-order valence-corrected chi connectivity index (χ1v) is 6.48. The number of nitrogens with two attached hydrogens (primary N) is 1. The quantitative estimate of drug-likeness (QED) is 0.872. The van der Waals surface area contributed by atoms with Gasteiger partial charge in [-0.2, -0.15) is 0 Å². The van der Waals surface area contributed by atoms with Gasteiger partial charge in [0.25, 0.3) is 5.88 Å². The number of aromatic nitrogens is 2. The minimum Gasteiger partial charge on any atom is -0.478 e. The smallest absolute Gasteiger partial charge is 0.359 e. The van der Waals surface area contributed by atoms with E-state index >= 15 is 0 Å². The van der Waals surface area contributed by atoms with E-state index in [0.717, 1.165) is 0 Å². The number of hydrogen-bond acceptors (Lipinski definition) is 6. The third kappa shape index (κ3) is 3.01. The van der Waals surface area contributed by atoms with Gasteiger partial charge in [-0.1, -0.05) is 23.2 Å². The molecule has 0 radical (unpaired) electrons. The molecule has 0 bridgehead atoms. The number of hydrogen-bond donors (Lipinski definition) is 1. The topological polar surface area (TPSA) is 87.3 Å². The van der Waals surface area contributed by atoms with E-state index in [1.807, 2.05) is 0 Å². The Labute approximate surface area is 130 Å². The van der Waals surface area contributed by atoms with Crippen molar-refractivity contribution in [1.29, 1.82) is 0 Å². The van der Waals surface area contributed by atoms with Crippen molar-refractivity contribution in [2.75, 3.05) is 20.0 Å². The van der Waals surface area contributed by atoms with Gasteiger partial charge in [0.15, 0.2) is 11.5 Å². The van der Waals surface area contributed by atoms with Crippen molar-refractivity contribution < 1.29 is 14.3 Å². The number of carbonyl (C=O) groups excluding carboxylic acids is 1. The summed E-state index contributed by atoms with van der Waals surface area (Å²) in [7, 11) is 2.63. The van der Waals surface area contributed by atoms with Crippen molar-refractivity contribution in [3.63, 3.8) is 0 Å². The van der Waals surface area contributed by atoms with E-state index in [9.17, 15) is 4.79 Å². The van der Waals surface area contributed by atoms with E-state index < -0.39 is 5.97 Å². The Morgan fingerprint density at radius 2 is 1.95 bits per heavy atom. The largest absolute Gasteiger partial charge is 0.478 e. The Hall–Kier alpha value is -2.05. The summed E-state index contributed by atoms with van der Waals surface area (Å²) in [6, 6.07) is 4.77. The zero-order valence-electron chi connectivity index (χ0n) is 11.2. The maximum absolute atomic E-state index is 11.8. The summed E-state index contributed by atoms with van der Waals surface area (Å²) in [4.78, 5) is 20.0. The van der Waals surface area contributed by atoms with Crippen molar-refractivity contribution in [2.24, 2.45) is 0 Å². The summed E-state index contributed by atoms with van der Waals surface area (Å²) < 4.78 is 9.70. The molecule has 0 aliphatic heterocycles. The van der Waals surface area contributed by atoms with Crippen LogP contribution in [0.1, 0.15) is 10.5 Å². The fourth-order valence-electron chi connectivity index (χ4n) is 1.69. The van der Waals surface area contributed by atoms with Gasteiger partial charge in [0.1, 0.15) is 5.69 Å². The number of esters is 1. The number of benzene rings is 1. The van der Waals surface area contributed by atoms with Crippen LogP contribution in [0.15, 0.2) is 18.2 Å². The highest BCUT2D eigenvalue weighted by atomic mass is 35.5. The van der Waals surface area contributed by atoms with Gasteiger partial charge in [-0.3, -0.25) is 0 Å². The maximum Gasteiger partial charge on any atom is 0.359 e.